The zero-order valence-corrected chi connectivity index (χ0v) is 24.2. The smallest absolute Gasteiger partial charge is 0.433 e. The number of halogens is 4. The Bertz CT molecular complexity index is 1300. The van der Waals surface area contributed by atoms with E-state index in [-0.39, 0.29) is 6.54 Å². The summed E-state index contributed by atoms with van der Waals surface area (Å²) in [5.74, 6) is -1.04. The fourth-order valence-corrected chi connectivity index (χ4v) is 6.73. The van der Waals surface area contributed by atoms with Crippen molar-refractivity contribution in [1.82, 2.24) is 24.5 Å². The molecule has 41 heavy (non-hydrogen) atoms. The fraction of sp³-hybridized carbons (Fsp3) is 0.533. The molecule has 3 heterocycles. The summed E-state index contributed by atoms with van der Waals surface area (Å²) in [7, 11) is 0. The maximum absolute atomic E-state index is 14.0. The van der Waals surface area contributed by atoms with Crippen molar-refractivity contribution < 1.29 is 23.1 Å². The molecule has 7 nitrogen and oxygen atoms in total. The van der Waals surface area contributed by atoms with Crippen molar-refractivity contribution in [1.29, 1.82) is 0 Å². The van der Waals surface area contributed by atoms with Crippen LogP contribution >= 0.6 is 11.6 Å². The predicted octanol–water partition coefficient (Wildman–Crippen LogP) is 5.82. The van der Waals surface area contributed by atoms with E-state index in [4.69, 9.17) is 11.6 Å². The Morgan fingerprint density at radius 2 is 1.85 bits per heavy atom. The lowest BCUT2D eigenvalue weighted by atomic mass is 9.90. The molecule has 2 fully saturated rings. The number of hydrogen-bond acceptors (Lipinski definition) is 5. The number of benzene rings is 1. The van der Waals surface area contributed by atoms with Gasteiger partial charge < -0.3 is 14.9 Å². The molecule has 222 valence electrons. The molecule has 2 atom stereocenters. The number of carboxylic acid groups (broad SMARTS) is 1. The average molecular weight is 592 g/mol. The van der Waals surface area contributed by atoms with Crippen molar-refractivity contribution in [2.45, 2.75) is 50.3 Å². The number of nitrogens with zero attached hydrogens (tertiary/aromatic N) is 5. The number of carbonyl (C=O) groups is 1. The normalized spacial score (nSPS) is 24.9. The van der Waals surface area contributed by atoms with Crippen molar-refractivity contribution in [3.63, 3.8) is 0 Å². The minimum Gasteiger partial charge on any atom is -0.478 e. The molecule has 1 aromatic heterocycles. The summed E-state index contributed by atoms with van der Waals surface area (Å²) < 4.78 is 42.9. The van der Waals surface area contributed by atoms with Crippen molar-refractivity contribution in [2.24, 2.45) is 5.92 Å². The second kappa shape index (κ2) is 11.8. The number of allylic oxidation sites excluding steroid dienone is 2. The number of piperazine rings is 1. The number of aromatic carboxylic acids is 1. The van der Waals surface area contributed by atoms with Gasteiger partial charge in [-0.25, -0.2) is 4.79 Å². The maximum Gasteiger partial charge on any atom is 0.433 e. The van der Waals surface area contributed by atoms with Gasteiger partial charge in [-0.2, -0.15) is 18.3 Å². The monoisotopic (exact) mass is 591 g/mol. The summed E-state index contributed by atoms with van der Waals surface area (Å²) >= 11 is 7.38. The highest BCUT2D eigenvalue weighted by Gasteiger charge is 2.44. The second-order valence-electron chi connectivity index (χ2n) is 11.6. The Labute approximate surface area is 243 Å². The Morgan fingerprint density at radius 3 is 2.49 bits per heavy atom. The molecule has 0 saturated carbocycles. The van der Waals surface area contributed by atoms with Gasteiger partial charge in [-0.15, -0.1) is 0 Å². The largest absolute Gasteiger partial charge is 0.478 e. The number of hydrogen-bond donors (Lipinski definition) is 1. The quantitative estimate of drug-likeness (QED) is 0.324. The first-order valence-electron chi connectivity index (χ1n) is 14.2. The summed E-state index contributed by atoms with van der Waals surface area (Å²) in [5, 5.41) is 13.3. The van der Waals surface area contributed by atoms with Crippen LogP contribution in [-0.4, -0.2) is 86.4 Å². The van der Waals surface area contributed by atoms with E-state index in [1.807, 2.05) is 30.3 Å². The Morgan fingerprint density at radius 1 is 1.15 bits per heavy atom. The van der Waals surface area contributed by atoms with Crippen LogP contribution < -0.4 is 0 Å². The number of aromatic nitrogens is 2. The molecule has 0 amide bonds. The molecule has 2 unspecified atom stereocenters. The SMILES string of the molecule is CC(C)CN1CCN(C2(Cl)C=CC(c3ccccc3)=C(N3CCCC(n4ncc(C(=O)O)c4C(F)(F)F)C3)C2)CC1. The van der Waals surface area contributed by atoms with Crippen molar-refractivity contribution >= 4 is 23.1 Å². The van der Waals surface area contributed by atoms with Crippen LogP contribution in [0, 0.1) is 5.92 Å². The van der Waals surface area contributed by atoms with Crippen LogP contribution in [0.4, 0.5) is 13.2 Å². The van der Waals surface area contributed by atoms with Gasteiger partial charge in [-0.3, -0.25) is 9.58 Å². The first-order valence-corrected chi connectivity index (χ1v) is 14.6. The maximum atomic E-state index is 14.0. The van der Waals surface area contributed by atoms with Gasteiger partial charge in [0.2, 0.25) is 0 Å². The van der Waals surface area contributed by atoms with E-state index >= 15 is 0 Å². The number of carboxylic acids is 1. The molecule has 5 rings (SSSR count). The van der Waals surface area contributed by atoms with Crippen LogP contribution in [0.3, 0.4) is 0 Å². The molecule has 11 heteroatoms. The topological polar surface area (TPSA) is 64.8 Å². The third kappa shape index (κ3) is 6.34. The molecule has 2 aliphatic heterocycles. The summed E-state index contributed by atoms with van der Waals surface area (Å²) in [6.07, 6.45) is 1.72. The third-order valence-electron chi connectivity index (χ3n) is 8.26. The van der Waals surface area contributed by atoms with Crippen molar-refractivity contribution in [2.75, 3.05) is 45.8 Å². The first-order chi connectivity index (χ1) is 19.5. The average Bonchev–Trinajstić information content (AvgIpc) is 3.41. The van der Waals surface area contributed by atoms with Gasteiger partial charge in [0.25, 0.3) is 0 Å². The molecular formula is C30H37ClF3N5O2. The molecule has 3 aliphatic rings. The fourth-order valence-electron chi connectivity index (χ4n) is 6.37. The summed E-state index contributed by atoms with van der Waals surface area (Å²) in [6.45, 7) is 9.96. The molecule has 0 radical (unpaired) electrons. The van der Waals surface area contributed by atoms with E-state index in [1.54, 1.807) is 0 Å². The molecular weight excluding hydrogens is 555 g/mol. The summed E-state index contributed by atoms with van der Waals surface area (Å²) in [5.41, 5.74) is 0.981. The van der Waals surface area contributed by atoms with Gasteiger partial charge in [0.05, 0.1) is 12.2 Å². The lowest BCUT2D eigenvalue weighted by molar-refractivity contribution is -0.145. The highest BCUT2D eigenvalue weighted by atomic mass is 35.5. The minimum atomic E-state index is -4.84. The first kappa shape index (κ1) is 29.7. The van der Waals surface area contributed by atoms with Crippen LogP contribution in [-0.2, 0) is 6.18 Å². The molecule has 2 aromatic rings. The Balaban J connectivity index is 1.44. The molecule has 1 aromatic carbocycles. The highest BCUT2D eigenvalue weighted by Crippen LogP contribution is 2.43. The zero-order chi connectivity index (χ0) is 29.4. The lowest BCUT2D eigenvalue weighted by Gasteiger charge is -2.47. The molecule has 0 spiro atoms. The van der Waals surface area contributed by atoms with E-state index in [2.05, 4.69) is 45.8 Å². The number of likely N-dealkylation sites (tertiary alicyclic amines) is 1. The molecule has 1 aliphatic carbocycles. The van der Waals surface area contributed by atoms with Gasteiger partial charge in [-0.05, 0) is 30.4 Å². The molecule has 2 saturated heterocycles. The standard InChI is InChI=1S/C30H37ClF3N5O2/c1-21(2)19-36-13-15-38(16-14-36)29(31)11-10-24(22-7-4-3-5-8-22)26(17-29)37-12-6-9-23(20-37)39-27(30(32,33)34)25(18-35-39)28(40)41/h3-5,7-8,10-11,18,21,23H,6,9,12-17,19-20H2,1-2H3,(H,40,41). The van der Waals surface area contributed by atoms with E-state index < -0.39 is 34.4 Å². The van der Waals surface area contributed by atoms with Gasteiger partial charge >= 0.3 is 12.1 Å². The number of piperidine rings is 1. The third-order valence-corrected chi connectivity index (χ3v) is 8.75. The molecule has 1 N–H and O–H groups in total. The number of rotatable bonds is 7. The van der Waals surface area contributed by atoms with Gasteiger partial charge in [0.1, 0.15) is 10.6 Å². The van der Waals surface area contributed by atoms with Gasteiger partial charge in [0.15, 0.2) is 5.69 Å². The summed E-state index contributed by atoms with van der Waals surface area (Å²) in [4.78, 5) is 17.7. The highest BCUT2D eigenvalue weighted by molar-refractivity contribution is 6.25. The Hall–Kier alpha value is -2.82. The van der Waals surface area contributed by atoms with Crippen LogP contribution in [0.15, 0.2) is 54.4 Å². The van der Waals surface area contributed by atoms with Gasteiger partial charge in [0, 0.05) is 63.5 Å². The van der Waals surface area contributed by atoms with Crippen LogP contribution in [0.1, 0.15) is 60.8 Å². The van der Waals surface area contributed by atoms with E-state index in [9.17, 15) is 23.1 Å². The lowest BCUT2D eigenvalue weighted by Crippen LogP contribution is -2.55. The zero-order valence-electron chi connectivity index (χ0n) is 23.4. The Kier molecular flexibility index (Phi) is 8.55. The predicted molar refractivity (Wildman–Crippen MR) is 153 cm³/mol. The summed E-state index contributed by atoms with van der Waals surface area (Å²) in [6, 6.07) is 9.31. The van der Waals surface area contributed by atoms with Crippen molar-refractivity contribution in [3.8, 4) is 0 Å². The van der Waals surface area contributed by atoms with E-state index in [0.717, 1.165) is 60.4 Å². The van der Waals surface area contributed by atoms with Crippen LogP contribution in [0.2, 0.25) is 0 Å². The second-order valence-corrected chi connectivity index (χ2v) is 12.3. The van der Waals surface area contributed by atoms with Crippen LogP contribution in [0.25, 0.3) is 5.57 Å². The minimum absolute atomic E-state index is 0.276. The van der Waals surface area contributed by atoms with Gasteiger partial charge in [-0.1, -0.05) is 61.9 Å². The van der Waals surface area contributed by atoms with E-state index in [0.29, 0.717) is 31.7 Å². The number of alkyl halides is 4. The van der Waals surface area contributed by atoms with Crippen molar-refractivity contribution in [3.05, 3.63) is 71.2 Å². The van der Waals surface area contributed by atoms with E-state index in [1.165, 1.54) is 0 Å². The molecule has 0 bridgehead atoms. The van der Waals surface area contributed by atoms with Crippen LogP contribution in [0.5, 0.6) is 0 Å².